The molecule has 8 heteroatoms. The van der Waals surface area contributed by atoms with Crippen molar-refractivity contribution < 1.29 is 4.74 Å². The number of anilines is 1. The van der Waals surface area contributed by atoms with Crippen molar-refractivity contribution in [1.29, 1.82) is 0 Å². The molecule has 5 rings (SSSR count). The Hall–Kier alpha value is -3.23. The highest BCUT2D eigenvalue weighted by Crippen LogP contribution is 2.39. The number of fused-ring (bicyclic) bond motifs is 2. The second-order valence-corrected chi connectivity index (χ2v) is 8.26. The topological polar surface area (TPSA) is 86.8 Å². The molecule has 2 aromatic carbocycles. The third-order valence-electron chi connectivity index (χ3n) is 4.50. The minimum absolute atomic E-state index is 0.287. The molecule has 2 N–H and O–H groups in total. The number of hydrogen-bond acceptors (Lipinski definition) is 7. The molecule has 0 saturated heterocycles. The van der Waals surface area contributed by atoms with Crippen molar-refractivity contribution in [2.45, 2.75) is 9.92 Å². The number of pyridine rings is 2. The van der Waals surface area contributed by atoms with Gasteiger partial charge in [0, 0.05) is 32.5 Å². The summed E-state index contributed by atoms with van der Waals surface area (Å²) in [7, 11) is 0. The van der Waals surface area contributed by atoms with Gasteiger partial charge in [0.2, 0.25) is 5.88 Å². The second-order valence-electron chi connectivity index (χ2n) is 6.38. The van der Waals surface area contributed by atoms with Crippen LogP contribution in [0.25, 0.3) is 21.8 Å². The Morgan fingerprint density at radius 1 is 0.833 bits per heavy atom. The van der Waals surface area contributed by atoms with E-state index in [2.05, 4.69) is 35.9 Å². The molecule has 0 aliphatic rings. The van der Waals surface area contributed by atoms with Crippen LogP contribution in [0.5, 0.6) is 11.6 Å². The van der Waals surface area contributed by atoms with Crippen LogP contribution in [0.3, 0.4) is 0 Å². The van der Waals surface area contributed by atoms with E-state index in [0.717, 1.165) is 31.2 Å². The zero-order valence-electron chi connectivity index (χ0n) is 15.5. The molecular formula is C22H14BrN5OS. The van der Waals surface area contributed by atoms with Crippen molar-refractivity contribution in [2.75, 3.05) is 5.73 Å². The van der Waals surface area contributed by atoms with Gasteiger partial charge in [-0.2, -0.15) is 4.98 Å². The third kappa shape index (κ3) is 3.44. The Morgan fingerprint density at radius 3 is 2.53 bits per heavy atom. The molecule has 0 spiro atoms. The van der Waals surface area contributed by atoms with Crippen LogP contribution in [-0.4, -0.2) is 19.9 Å². The summed E-state index contributed by atoms with van der Waals surface area (Å²) in [5, 5.41) is 2.60. The van der Waals surface area contributed by atoms with Crippen LogP contribution in [0.4, 0.5) is 5.69 Å². The van der Waals surface area contributed by atoms with Crippen molar-refractivity contribution in [1.82, 2.24) is 19.9 Å². The summed E-state index contributed by atoms with van der Waals surface area (Å²) in [4.78, 5) is 18.5. The maximum Gasteiger partial charge on any atom is 0.247 e. The molecule has 0 amide bonds. The second kappa shape index (κ2) is 7.89. The average Bonchev–Trinajstić information content (AvgIpc) is 2.79. The number of nitrogens with zero attached hydrogens (tertiary/aromatic N) is 4. The van der Waals surface area contributed by atoms with E-state index in [9.17, 15) is 0 Å². The maximum atomic E-state index is 6.38. The lowest BCUT2D eigenvalue weighted by Crippen LogP contribution is -2.00. The third-order valence-corrected chi connectivity index (χ3v) is 6.26. The summed E-state index contributed by atoms with van der Waals surface area (Å²) in [6, 6.07) is 17.5. The van der Waals surface area contributed by atoms with Crippen LogP contribution in [-0.2, 0) is 0 Å². The van der Waals surface area contributed by atoms with Crippen LogP contribution in [0, 0.1) is 0 Å². The number of rotatable bonds is 4. The van der Waals surface area contributed by atoms with Gasteiger partial charge in [-0.1, -0.05) is 52.0 Å². The van der Waals surface area contributed by atoms with E-state index >= 15 is 0 Å². The van der Waals surface area contributed by atoms with Gasteiger partial charge >= 0.3 is 0 Å². The minimum atomic E-state index is 0.287. The zero-order valence-corrected chi connectivity index (χ0v) is 17.9. The van der Waals surface area contributed by atoms with Gasteiger partial charge in [-0.05, 0) is 30.3 Å². The predicted molar refractivity (Wildman–Crippen MR) is 122 cm³/mol. The van der Waals surface area contributed by atoms with Crippen molar-refractivity contribution in [3.05, 3.63) is 77.8 Å². The molecule has 0 unspecified atom stereocenters. The zero-order chi connectivity index (χ0) is 20.5. The fourth-order valence-electron chi connectivity index (χ4n) is 3.09. The molecule has 0 atom stereocenters. The summed E-state index contributed by atoms with van der Waals surface area (Å²) >= 11 is 4.98. The van der Waals surface area contributed by atoms with Crippen LogP contribution >= 0.6 is 27.7 Å². The molecule has 0 bridgehead atoms. The van der Waals surface area contributed by atoms with Gasteiger partial charge in [0.25, 0.3) is 0 Å². The van der Waals surface area contributed by atoms with E-state index in [4.69, 9.17) is 10.5 Å². The maximum absolute atomic E-state index is 6.38. The van der Waals surface area contributed by atoms with Crippen molar-refractivity contribution >= 4 is 55.2 Å². The summed E-state index contributed by atoms with van der Waals surface area (Å²) in [6.07, 6.45) is 4.94. The smallest absolute Gasteiger partial charge is 0.247 e. The number of hydrogen-bond donors (Lipinski definition) is 1. The largest absolute Gasteiger partial charge is 0.435 e. The van der Waals surface area contributed by atoms with Crippen LogP contribution in [0.2, 0.25) is 0 Å². The lowest BCUT2D eigenvalue weighted by molar-refractivity contribution is 0.466. The number of ether oxygens (including phenoxy) is 1. The van der Waals surface area contributed by atoms with Crippen LogP contribution in [0.1, 0.15) is 0 Å². The quantitative estimate of drug-likeness (QED) is 0.325. The predicted octanol–water partition coefficient (Wildman–Crippen LogP) is 5.86. The molecule has 0 aliphatic heterocycles. The van der Waals surface area contributed by atoms with Crippen molar-refractivity contribution in [3.8, 4) is 11.6 Å². The summed E-state index contributed by atoms with van der Waals surface area (Å²) in [5.41, 5.74) is 8.36. The van der Waals surface area contributed by atoms with Gasteiger partial charge in [-0.15, -0.1) is 0 Å². The number of halogens is 1. The van der Waals surface area contributed by atoms with Crippen molar-refractivity contribution in [2.24, 2.45) is 0 Å². The molecule has 30 heavy (non-hydrogen) atoms. The Balaban J connectivity index is 1.52. The highest BCUT2D eigenvalue weighted by atomic mass is 79.9. The SMILES string of the molecule is Nc1c(Oc2ccc(Br)c3cccnc23)ncnc1Sc1cccc2cccnc12. The van der Waals surface area contributed by atoms with Gasteiger partial charge in [0.15, 0.2) is 5.75 Å². The number of para-hydroxylation sites is 1. The summed E-state index contributed by atoms with van der Waals surface area (Å²) < 4.78 is 6.99. The Labute approximate surface area is 184 Å². The molecule has 0 radical (unpaired) electrons. The summed E-state index contributed by atoms with van der Waals surface area (Å²) in [5.74, 6) is 0.858. The minimum Gasteiger partial charge on any atom is -0.435 e. The number of nitrogens with two attached hydrogens (primary N) is 1. The van der Waals surface area contributed by atoms with Gasteiger partial charge < -0.3 is 10.5 Å². The Bertz CT molecular complexity index is 1390. The van der Waals surface area contributed by atoms with Gasteiger partial charge in [0.05, 0.1) is 5.52 Å². The molecule has 0 aliphatic carbocycles. The van der Waals surface area contributed by atoms with Crippen molar-refractivity contribution in [3.63, 3.8) is 0 Å². The standard InChI is InChI=1S/C22H14BrN5OS/c23-15-8-9-16(20-14(15)6-3-11-26-20)29-21-18(24)22(28-12-27-21)30-17-7-1-4-13-5-2-10-25-19(13)17/h1-12H,24H2. The first kappa shape index (κ1) is 18.8. The first-order chi connectivity index (χ1) is 14.7. The van der Waals surface area contributed by atoms with Gasteiger partial charge in [-0.25, -0.2) is 4.98 Å². The lowest BCUT2D eigenvalue weighted by Gasteiger charge is -2.12. The highest BCUT2D eigenvalue weighted by molar-refractivity contribution is 9.10. The average molecular weight is 476 g/mol. The van der Waals surface area contributed by atoms with Gasteiger partial charge in [-0.3, -0.25) is 9.97 Å². The van der Waals surface area contributed by atoms with E-state index in [1.54, 1.807) is 12.4 Å². The monoisotopic (exact) mass is 475 g/mol. The fourth-order valence-corrected chi connectivity index (χ4v) is 4.46. The van der Waals surface area contributed by atoms with Gasteiger partial charge in [0.1, 0.15) is 22.6 Å². The molecule has 3 aromatic heterocycles. The molecule has 6 nitrogen and oxygen atoms in total. The molecule has 0 fully saturated rings. The van der Waals surface area contributed by atoms with E-state index in [1.165, 1.54) is 18.1 Å². The van der Waals surface area contributed by atoms with E-state index < -0.39 is 0 Å². The number of aromatic nitrogens is 4. The molecule has 5 aromatic rings. The van der Waals surface area contributed by atoms with Crippen LogP contribution < -0.4 is 10.5 Å². The Kier molecular flexibility index (Phi) is 4.94. The molecule has 3 heterocycles. The van der Waals surface area contributed by atoms with E-state index in [1.807, 2.05) is 54.6 Å². The van der Waals surface area contributed by atoms with Crippen LogP contribution in [0.15, 0.2) is 87.7 Å². The molecule has 0 saturated carbocycles. The summed E-state index contributed by atoms with van der Waals surface area (Å²) in [6.45, 7) is 0. The molecular weight excluding hydrogens is 462 g/mol. The molecule has 146 valence electrons. The van der Waals surface area contributed by atoms with E-state index in [-0.39, 0.29) is 5.88 Å². The Morgan fingerprint density at radius 2 is 1.63 bits per heavy atom. The first-order valence-corrected chi connectivity index (χ1v) is 10.6. The lowest BCUT2D eigenvalue weighted by atomic mass is 10.2. The van der Waals surface area contributed by atoms with E-state index in [0.29, 0.717) is 16.5 Å². The fraction of sp³-hybridized carbons (Fsp3) is 0. The number of nitrogen functional groups attached to an aromatic ring is 1. The first-order valence-electron chi connectivity index (χ1n) is 9.04. The normalized spacial score (nSPS) is 11.1. The number of benzene rings is 2. The highest BCUT2D eigenvalue weighted by Gasteiger charge is 2.15.